The number of hydrogen-bond acceptors (Lipinski definition) is 3. The molecule has 0 saturated carbocycles. The topological polar surface area (TPSA) is 59.0 Å². The zero-order valence-corrected chi connectivity index (χ0v) is 11.2. The van der Waals surface area contributed by atoms with E-state index in [1.54, 1.807) is 18.2 Å². The molecule has 4 heteroatoms. The Morgan fingerprint density at radius 3 is 2.58 bits per heavy atom. The Morgan fingerprint density at radius 1 is 1.21 bits per heavy atom. The van der Waals surface area contributed by atoms with Crippen LogP contribution < -0.4 is 10.5 Å². The second-order valence-corrected chi connectivity index (χ2v) is 4.52. The Kier molecular flexibility index (Phi) is 3.94. The molecule has 0 radical (unpaired) electrons. The average molecular weight is 273 g/mol. The maximum atomic E-state index is 9.05. The SMILES string of the molecule is CCc1ccc(Oc2ccc(Cl)cc2C#N)c(N)c1. The molecular formula is C15H13ClN2O. The van der Waals surface area contributed by atoms with Crippen molar-refractivity contribution in [2.24, 2.45) is 0 Å². The van der Waals surface area contributed by atoms with Crippen molar-refractivity contribution in [3.63, 3.8) is 0 Å². The summed E-state index contributed by atoms with van der Waals surface area (Å²) in [5.74, 6) is 0.985. The molecule has 0 bridgehead atoms. The monoisotopic (exact) mass is 272 g/mol. The van der Waals surface area contributed by atoms with Crippen LogP contribution in [0.4, 0.5) is 5.69 Å². The molecule has 2 rings (SSSR count). The van der Waals surface area contributed by atoms with Crippen molar-refractivity contribution in [3.05, 3.63) is 52.5 Å². The van der Waals surface area contributed by atoms with Gasteiger partial charge in [0.15, 0.2) is 0 Å². The van der Waals surface area contributed by atoms with Gasteiger partial charge in [-0.15, -0.1) is 0 Å². The van der Waals surface area contributed by atoms with Crippen LogP contribution >= 0.6 is 11.6 Å². The van der Waals surface area contributed by atoms with Gasteiger partial charge in [-0.1, -0.05) is 24.6 Å². The molecule has 0 aromatic heterocycles. The van der Waals surface area contributed by atoms with Gasteiger partial charge in [0.25, 0.3) is 0 Å². The molecule has 0 aliphatic rings. The van der Waals surface area contributed by atoms with Gasteiger partial charge in [0.2, 0.25) is 0 Å². The van der Waals surface area contributed by atoms with E-state index in [0.29, 0.717) is 27.8 Å². The van der Waals surface area contributed by atoms with Crippen LogP contribution in [0, 0.1) is 11.3 Å². The molecule has 0 atom stereocenters. The minimum absolute atomic E-state index is 0.381. The first-order valence-electron chi connectivity index (χ1n) is 5.90. The van der Waals surface area contributed by atoms with Crippen molar-refractivity contribution < 1.29 is 4.74 Å². The molecule has 2 N–H and O–H groups in total. The number of aryl methyl sites for hydroxylation is 1. The summed E-state index contributed by atoms with van der Waals surface area (Å²) in [6.07, 6.45) is 0.912. The highest BCUT2D eigenvalue weighted by Crippen LogP contribution is 2.31. The highest BCUT2D eigenvalue weighted by Gasteiger charge is 2.08. The van der Waals surface area contributed by atoms with Crippen molar-refractivity contribution in [1.29, 1.82) is 5.26 Å². The predicted octanol–water partition coefficient (Wildman–Crippen LogP) is 4.15. The van der Waals surface area contributed by atoms with Crippen LogP contribution in [0.5, 0.6) is 11.5 Å². The van der Waals surface area contributed by atoms with Gasteiger partial charge in [0.1, 0.15) is 17.6 Å². The standard InChI is InChI=1S/C15H13ClN2O/c1-2-10-3-5-15(13(18)7-10)19-14-6-4-12(16)8-11(14)9-17/h3-8H,2,18H2,1H3. The lowest BCUT2D eigenvalue weighted by Crippen LogP contribution is -1.95. The number of nitrogens with two attached hydrogens (primary N) is 1. The Balaban J connectivity index is 2.34. The molecule has 0 unspecified atom stereocenters. The fourth-order valence-electron chi connectivity index (χ4n) is 1.71. The molecule has 0 saturated heterocycles. The molecule has 0 heterocycles. The van der Waals surface area contributed by atoms with Crippen LogP contribution in [0.25, 0.3) is 0 Å². The summed E-state index contributed by atoms with van der Waals surface area (Å²) in [4.78, 5) is 0. The second kappa shape index (κ2) is 5.64. The third-order valence-electron chi connectivity index (χ3n) is 2.76. The molecule has 19 heavy (non-hydrogen) atoms. The second-order valence-electron chi connectivity index (χ2n) is 4.08. The van der Waals surface area contributed by atoms with Crippen molar-refractivity contribution in [1.82, 2.24) is 0 Å². The van der Waals surface area contributed by atoms with Gasteiger partial charge < -0.3 is 10.5 Å². The fraction of sp³-hybridized carbons (Fsp3) is 0.133. The Morgan fingerprint density at radius 2 is 1.95 bits per heavy atom. The number of nitriles is 1. The average Bonchev–Trinajstić information content (AvgIpc) is 2.42. The summed E-state index contributed by atoms with van der Waals surface area (Å²) >= 11 is 5.84. The minimum atomic E-state index is 0.381. The van der Waals surface area contributed by atoms with Gasteiger partial charge in [0, 0.05) is 5.02 Å². The van der Waals surface area contributed by atoms with Crippen molar-refractivity contribution in [2.45, 2.75) is 13.3 Å². The van der Waals surface area contributed by atoms with Crippen LogP contribution in [-0.4, -0.2) is 0 Å². The van der Waals surface area contributed by atoms with Crippen LogP contribution in [0.15, 0.2) is 36.4 Å². The summed E-state index contributed by atoms with van der Waals surface area (Å²) in [5.41, 5.74) is 8.01. The quantitative estimate of drug-likeness (QED) is 0.854. The summed E-state index contributed by atoms with van der Waals surface area (Å²) < 4.78 is 5.68. The first-order valence-corrected chi connectivity index (χ1v) is 6.27. The highest BCUT2D eigenvalue weighted by molar-refractivity contribution is 6.30. The first kappa shape index (κ1) is 13.3. The Labute approximate surface area is 117 Å². The van der Waals surface area contributed by atoms with Crippen LogP contribution in [-0.2, 0) is 6.42 Å². The van der Waals surface area contributed by atoms with E-state index in [-0.39, 0.29) is 0 Å². The van der Waals surface area contributed by atoms with Gasteiger partial charge in [-0.2, -0.15) is 5.26 Å². The van der Waals surface area contributed by atoms with Gasteiger partial charge in [-0.3, -0.25) is 0 Å². The molecule has 2 aromatic carbocycles. The molecule has 3 nitrogen and oxygen atoms in total. The molecule has 0 aliphatic carbocycles. The van der Waals surface area contributed by atoms with E-state index < -0.39 is 0 Å². The number of anilines is 1. The summed E-state index contributed by atoms with van der Waals surface area (Å²) in [5, 5.41) is 9.55. The van der Waals surface area contributed by atoms with E-state index in [2.05, 4.69) is 6.92 Å². The molecule has 0 spiro atoms. The van der Waals surface area contributed by atoms with Gasteiger partial charge in [0.05, 0.1) is 11.3 Å². The molecule has 96 valence electrons. The fourth-order valence-corrected chi connectivity index (χ4v) is 1.88. The molecule has 2 aromatic rings. The predicted molar refractivity (Wildman–Crippen MR) is 76.5 cm³/mol. The van der Waals surface area contributed by atoms with E-state index in [0.717, 1.165) is 12.0 Å². The number of nitrogens with zero attached hydrogens (tertiary/aromatic N) is 1. The lowest BCUT2D eigenvalue weighted by Gasteiger charge is -2.11. The Bertz CT molecular complexity index is 647. The zero-order chi connectivity index (χ0) is 13.8. The minimum Gasteiger partial charge on any atom is -0.454 e. The summed E-state index contributed by atoms with van der Waals surface area (Å²) in [7, 11) is 0. The van der Waals surface area contributed by atoms with Gasteiger partial charge >= 0.3 is 0 Å². The van der Waals surface area contributed by atoms with E-state index in [1.807, 2.05) is 24.3 Å². The largest absolute Gasteiger partial charge is 0.454 e. The number of benzene rings is 2. The molecule has 0 aliphatic heterocycles. The van der Waals surface area contributed by atoms with Gasteiger partial charge in [-0.25, -0.2) is 0 Å². The van der Waals surface area contributed by atoms with E-state index >= 15 is 0 Å². The number of halogens is 1. The third-order valence-corrected chi connectivity index (χ3v) is 3.00. The lowest BCUT2D eigenvalue weighted by atomic mass is 10.1. The normalized spacial score (nSPS) is 9.95. The number of rotatable bonds is 3. The van der Waals surface area contributed by atoms with Crippen LogP contribution in [0.1, 0.15) is 18.1 Å². The Hall–Kier alpha value is -2.18. The third kappa shape index (κ3) is 2.98. The van der Waals surface area contributed by atoms with Crippen molar-refractivity contribution in [2.75, 3.05) is 5.73 Å². The number of ether oxygens (including phenoxy) is 1. The van der Waals surface area contributed by atoms with Crippen LogP contribution in [0.2, 0.25) is 5.02 Å². The smallest absolute Gasteiger partial charge is 0.150 e. The summed E-state index contributed by atoms with van der Waals surface area (Å²) in [6, 6.07) is 12.6. The molecule has 0 amide bonds. The maximum absolute atomic E-state index is 9.05. The summed E-state index contributed by atoms with van der Waals surface area (Å²) in [6.45, 7) is 2.06. The maximum Gasteiger partial charge on any atom is 0.150 e. The van der Waals surface area contributed by atoms with E-state index in [9.17, 15) is 0 Å². The lowest BCUT2D eigenvalue weighted by molar-refractivity contribution is 0.483. The molecular weight excluding hydrogens is 260 g/mol. The first-order chi connectivity index (χ1) is 9.13. The van der Waals surface area contributed by atoms with E-state index in [4.69, 9.17) is 27.3 Å². The highest BCUT2D eigenvalue weighted by atomic mass is 35.5. The number of hydrogen-bond donors (Lipinski definition) is 1. The molecule has 0 fully saturated rings. The number of nitrogen functional groups attached to an aromatic ring is 1. The van der Waals surface area contributed by atoms with E-state index in [1.165, 1.54) is 0 Å². The van der Waals surface area contributed by atoms with Crippen LogP contribution in [0.3, 0.4) is 0 Å². The van der Waals surface area contributed by atoms with Crippen molar-refractivity contribution in [3.8, 4) is 17.6 Å². The zero-order valence-electron chi connectivity index (χ0n) is 10.5. The van der Waals surface area contributed by atoms with Crippen molar-refractivity contribution >= 4 is 17.3 Å². The van der Waals surface area contributed by atoms with Gasteiger partial charge in [-0.05, 0) is 42.3 Å².